The molecule has 3 N–H and O–H groups in total. The van der Waals surface area contributed by atoms with Crippen LogP contribution in [0.1, 0.15) is 19.8 Å². The van der Waals surface area contributed by atoms with Gasteiger partial charge in [-0.15, -0.1) is 0 Å². The number of ether oxygens (including phenoxy) is 2. The first-order valence-corrected chi connectivity index (χ1v) is 5.82. The number of methoxy groups -OCH3 is 1. The Morgan fingerprint density at radius 3 is 2.76 bits per heavy atom. The highest BCUT2D eigenvalue weighted by atomic mass is 16.5. The third-order valence-corrected chi connectivity index (χ3v) is 2.09. The normalized spacial score (nSPS) is 12.2. The lowest BCUT2D eigenvalue weighted by Crippen LogP contribution is -2.41. The van der Waals surface area contributed by atoms with E-state index in [4.69, 9.17) is 15.2 Å². The lowest BCUT2D eigenvalue weighted by atomic mass is 10.1. The van der Waals surface area contributed by atoms with Crippen molar-refractivity contribution in [2.75, 3.05) is 33.5 Å². The zero-order chi connectivity index (χ0) is 13.1. The van der Waals surface area contributed by atoms with Crippen molar-refractivity contribution in [3.63, 3.8) is 0 Å². The Labute approximate surface area is 103 Å². The van der Waals surface area contributed by atoms with Crippen LogP contribution >= 0.6 is 0 Å². The van der Waals surface area contributed by atoms with Gasteiger partial charge in [0.05, 0.1) is 19.3 Å². The summed E-state index contributed by atoms with van der Waals surface area (Å²) in [5, 5.41) is 2.72. The van der Waals surface area contributed by atoms with Crippen LogP contribution in [0.2, 0.25) is 0 Å². The van der Waals surface area contributed by atoms with Gasteiger partial charge in [0.25, 0.3) is 0 Å². The van der Waals surface area contributed by atoms with Gasteiger partial charge in [0.15, 0.2) is 0 Å². The number of amides is 1. The molecule has 0 heterocycles. The molecule has 0 aromatic carbocycles. The number of carbonyl (C=O) groups excluding carboxylic acids is 1. The van der Waals surface area contributed by atoms with Crippen LogP contribution in [-0.4, -0.2) is 45.4 Å². The van der Waals surface area contributed by atoms with Gasteiger partial charge < -0.3 is 20.5 Å². The third kappa shape index (κ3) is 9.99. The van der Waals surface area contributed by atoms with Crippen LogP contribution in [0.3, 0.4) is 0 Å². The predicted molar refractivity (Wildman–Crippen MR) is 67.7 cm³/mol. The number of hydrogen-bond donors (Lipinski definition) is 2. The molecule has 0 aromatic heterocycles. The van der Waals surface area contributed by atoms with E-state index in [1.54, 1.807) is 7.11 Å². The van der Waals surface area contributed by atoms with Gasteiger partial charge in [0.1, 0.15) is 0 Å². The van der Waals surface area contributed by atoms with Crippen LogP contribution in [0.15, 0.2) is 12.2 Å². The van der Waals surface area contributed by atoms with E-state index >= 15 is 0 Å². The second-order valence-electron chi connectivity index (χ2n) is 4.04. The Bertz CT molecular complexity index is 232. The average molecular weight is 244 g/mol. The molecule has 0 spiro atoms. The minimum absolute atomic E-state index is 0.139. The minimum Gasteiger partial charge on any atom is -0.385 e. The molecule has 0 aliphatic carbocycles. The molecule has 17 heavy (non-hydrogen) atoms. The number of hydrogen-bond acceptors (Lipinski definition) is 4. The van der Waals surface area contributed by atoms with Crippen molar-refractivity contribution in [2.45, 2.75) is 25.8 Å². The van der Waals surface area contributed by atoms with Crippen molar-refractivity contribution in [1.82, 2.24) is 5.32 Å². The molecule has 5 nitrogen and oxygen atoms in total. The average Bonchev–Trinajstić information content (AvgIpc) is 2.28. The minimum atomic E-state index is -0.466. The van der Waals surface area contributed by atoms with Crippen molar-refractivity contribution in [3.05, 3.63) is 12.2 Å². The topological polar surface area (TPSA) is 73.6 Å². The molecular weight excluding hydrogens is 220 g/mol. The number of nitrogens with two attached hydrogens (primary N) is 1. The summed E-state index contributed by atoms with van der Waals surface area (Å²) in [5.41, 5.74) is 6.66. The third-order valence-electron chi connectivity index (χ3n) is 2.09. The van der Waals surface area contributed by atoms with Crippen LogP contribution in [0, 0.1) is 0 Å². The van der Waals surface area contributed by atoms with E-state index in [0.717, 1.165) is 12.0 Å². The molecule has 0 aliphatic heterocycles. The van der Waals surface area contributed by atoms with E-state index < -0.39 is 6.04 Å². The van der Waals surface area contributed by atoms with Gasteiger partial charge in [-0.1, -0.05) is 12.2 Å². The fourth-order valence-electron chi connectivity index (χ4n) is 1.20. The van der Waals surface area contributed by atoms with Crippen LogP contribution in [0.4, 0.5) is 0 Å². The molecule has 0 rings (SSSR count). The summed E-state index contributed by atoms with van der Waals surface area (Å²) in [6, 6.07) is -0.466. The first kappa shape index (κ1) is 16.1. The summed E-state index contributed by atoms with van der Waals surface area (Å²) in [6.07, 6.45) is 1.42. The van der Waals surface area contributed by atoms with Crippen molar-refractivity contribution >= 4 is 5.91 Å². The summed E-state index contributed by atoms with van der Waals surface area (Å²) in [5.74, 6) is -0.139. The summed E-state index contributed by atoms with van der Waals surface area (Å²) >= 11 is 0. The highest BCUT2D eigenvalue weighted by molar-refractivity contribution is 5.81. The van der Waals surface area contributed by atoms with E-state index in [9.17, 15) is 4.79 Å². The maximum Gasteiger partial charge on any atom is 0.236 e. The van der Waals surface area contributed by atoms with Gasteiger partial charge >= 0.3 is 0 Å². The van der Waals surface area contributed by atoms with Gasteiger partial charge in [-0.05, 0) is 19.8 Å². The van der Waals surface area contributed by atoms with Gasteiger partial charge in [-0.25, -0.2) is 0 Å². The Hall–Kier alpha value is -0.910. The lowest BCUT2D eigenvalue weighted by Gasteiger charge is -2.12. The van der Waals surface area contributed by atoms with Crippen molar-refractivity contribution in [3.8, 4) is 0 Å². The molecule has 0 saturated heterocycles. The molecule has 5 heteroatoms. The van der Waals surface area contributed by atoms with Gasteiger partial charge in [-0.3, -0.25) is 4.79 Å². The standard InChI is InChI=1S/C12H24N2O3/c1-10(2)9-17-8-6-14-12(15)11(13)5-4-7-16-3/h11H,1,4-9,13H2,2-3H3,(H,14,15). The SMILES string of the molecule is C=C(C)COCCNC(=O)C(N)CCCOC. The molecular formula is C12H24N2O3. The van der Waals surface area contributed by atoms with E-state index in [0.29, 0.717) is 32.8 Å². The first-order valence-electron chi connectivity index (χ1n) is 5.82. The largest absolute Gasteiger partial charge is 0.385 e. The van der Waals surface area contributed by atoms with Gasteiger partial charge in [0.2, 0.25) is 5.91 Å². The number of rotatable bonds is 10. The van der Waals surface area contributed by atoms with Crippen LogP contribution in [0.25, 0.3) is 0 Å². The second kappa shape index (κ2) is 10.3. The van der Waals surface area contributed by atoms with Crippen LogP contribution in [0.5, 0.6) is 0 Å². The maximum atomic E-state index is 11.5. The smallest absolute Gasteiger partial charge is 0.236 e. The van der Waals surface area contributed by atoms with E-state index in [1.165, 1.54) is 0 Å². The highest BCUT2D eigenvalue weighted by Crippen LogP contribution is 1.94. The highest BCUT2D eigenvalue weighted by Gasteiger charge is 2.11. The monoisotopic (exact) mass is 244 g/mol. The molecule has 1 amide bonds. The summed E-state index contributed by atoms with van der Waals surface area (Å²) in [4.78, 5) is 11.5. The van der Waals surface area contributed by atoms with Crippen molar-refractivity contribution in [1.29, 1.82) is 0 Å². The summed E-state index contributed by atoms with van der Waals surface area (Å²) in [6.45, 7) is 7.71. The fraction of sp³-hybridized carbons (Fsp3) is 0.750. The van der Waals surface area contributed by atoms with Crippen molar-refractivity contribution < 1.29 is 14.3 Å². The fourth-order valence-corrected chi connectivity index (χ4v) is 1.20. The summed E-state index contributed by atoms with van der Waals surface area (Å²) < 4.78 is 10.1. The first-order chi connectivity index (χ1) is 8.07. The van der Waals surface area contributed by atoms with E-state index in [-0.39, 0.29) is 5.91 Å². The molecule has 1 unspecified atom stereocenters. The predicted octanol–water partition coefficient (Wildman–Crippen LogP) is 0.449. The molecule has 0 bridgehead atoms. The Balaban J connectivity index is 3.47. The Kier molecular flexibility index (Phi) is 9.71. The molecule has 100 valence electrons. The van der Waals surface area contributed by atoms with E-state index in [1.807, 2.05) is 6.92 Å². The zero-order valence-electron chi connectivity index (χ0n) is 10.8. The molecule has 0 aliphatic rings. The van der Waals surface area contributed by atoms with Crippen molar-refractivity contribution in [2.24, 2.45) is 5.73 Å². The molecule has 0 fully saturated rings. The van der Waals surface area contributed by atoms with E-state index in [2.05, 4.69) is 11.9 Å². The Morgan fingerprint density at radius 1 is 1.47 bits per heavy atom. The Morgan fingerprint density at radius 2 is 2.18 bits per heavy atom. The molecule has 0 radical (unpaired) electrons. The van der Waals surface area contributed by atoms with Crippen LogP contribution in [-0.2, 0) is 14.3 Å². The van der Waals surface area contributed by atoms with Gasteiger partial charge in [-0.2, -0.15) is 0 Å². The van der Waals surface area contributed by atoms with Gasteiger partial charge in [0, 0.05) is 20.3 Å². The quantitative estimate of drug-likeness (QED) is 0.432. The lowest BCUT2D eigenvalue weighted by molar-refractivity contribution is -0.122. The number of nitrogens with one attached hydrogen (secondary N) is 1. The zero-order valence-corrected chi connectivity index (χ0v) is 10.8. The molecule has 1 atom stereocenters. The maximum absolute atomic E-state index is 11.5. The second-order valence-corrected chi connectivity index (χ2v) is 4.04. The summed E-state index contributed by atoms with van der Waals surface area (Å²) in [7, 11) is 1.63. The molecule has 0 aromatic rings. The number of carbonyl (C=O) groups is 1. The van der Waals surface area contributed by atoms with Crippen LogP contribution < -0.4 is 11.1 Å². The molecule has 0 saturated carbocycles.